The van der Waals surface area contributed by atoms with Gasteiger partial charge in [0.25, 0.3) is 0 Å². The monoisotopic (exact) mass is 850 g/mol. The Balaban J connectivity index is 0.767. The van der Waals surface area contributed by atoms with E-state index in [-0.39, 0.29) is 29.3 Å². The number of imide groups is 1. The fraction of sp³-hybridized carbons (Fsp3) is 0.404. The van der Waals surface area contributed by atoms with Crippen LogP contribution in [0.1, 0.15) is 80.6 Å². The van der Waals surface area contributed by atoms with E-state index < -0.39 is 5.91 Å². The van der Waals surface area contributed by atoms with Crippen LogP contribution >= 0.6 is 0 Å². The van der Waals surface area contributed by atoms with Crippen molar-refractivity contribution in [3.8, 4) is 22.4 Å². The molecule has 326 valence electrons. The van der Waals surface area contributed by atoms with E-state index in [9.17, 15) is 14.4 Å². The fourth-order valence-electron chi connectivity index (χ4n) is 8.84. The highest BCUT2D eigenvalue weighted by Crippen LogP contribution is 2.33. The molecule has 3 aliphatic rings. The maximum absolute atomic E-state index is 12.9. The molecule has 7 heterocycles. The number of pyridine rings is 2. The second-order valence-corrected chi connectivity index (χ2v) is 18.0. The number of hydrogen-bond acceptors (Lipinski definition) is 12. The molecule has 0 aliphatic carbocycles. The molecule has 4 amide bonds. The fourth-order valence-corrected chi connectivity index (χ4v) is 8.84. The number of nitrogens with one attached hydrogen (secondary N) is 3. The molecule has 63 heavy (non-hydrogen) atoms. The molecule has 3 fully saturated rings. The molecule has 16 nitrogen and oxygen atoms in total. The lowest BCUT2D eigenvalue weighted by molar-refractivity contribution is -0.120. The Morgan fingerprint density at radius 3 is 2.27 bits per heavy atom. The molecule has 9 rings (SSSR count). The number of urea groups is 1. The summed E-state index contributed by atoms with van der Waals surface area (Å²) in [7, 11) is 0. The third-order valence-electron chi connectivity index (χ3n) is 12.6. The first-order valence-electron chi connectivity index (χ1n) is 21.9. The molecular formula is C47H54N12O4. The van der Waals surface area contributed by atoms with Crippen molar-refractivity contribution in [2.75, 3.05) is 67.1 Å². The zero-order valence-electron chi connectivity index (χ0n) is 36.5. The van der Waals surface area contributed by atoms with Gasteiger partial charge in [0.05, 0.1) is 6.04 Å². The summed E-state index contributed by atoms with van der Waals surface area (Å²) >= 11 is 0. The van der Waals surface area contributed by atoms with Crippen LogP contribution in [0, 0.1) is 12.8 Å². The molecule has 0 saturated carbocycles. The average molecular weight is 851 g/mol. The van der Waals surface area contributed by atoms with Crippen LogP contribution in [0.3, 0.4) is 0 Å². The maximum Gasteiger partial charge on any atom is 0.328 e. The van der Waals surface area contributed by atoms with Crippen molar-refractivity contribution >= 4 is 46.1 Å². The molecule has 0 spiro atoms. The average Bonchev–Trinajstić information content (AvgIpc) is 3.96. The summed E-state index contributed by atoms with van der Waals surface area (Å²) in [6, 6.07) is 19.9. The number of carbonyl (C=O) groups is 3. The minimum absolute atomic E-state index is 0.0502. The number of aromatic amines is 1. The zero-order chi connectivity index (χ0) is 43.8. The Morgan fingerprint density at radius 2 is 1.59 bits per heavy atom. The molecule has 2 aromatic carbocycles. The highest BCUT2D eigenvalue weighted by atomic mass is 16.5. The SMILES string of the molecule is Cc1cc(-c2n[nH]c3ncc(-c4ccc(N5CCN(CC6CCN(c7ccc(N8CCC(=O)NC8=O)cc7)CC6)CC5)nc4)cc23)ccc1C(C)NC(=O)c1nc(C(C)(C)C)no1. The van der Waals surface area contributed by atoms with Gasteiger partial charge in [-0.1, -0.05) is 38.1 Å². The molecule has 6 aromatic rings. The molecule has 1 unspecified atom stereocenters. The summed E-state index contributed by atoms with van der Waals surface area (Å²) < 4.78 is 5.25. The van der Waals surface area contributed by atoms with Gasteiger partial charge in [0.2, 0.25) is 5.91 Å². The molecule has 0 radical (unpaired) electrons. The van der Waals surface area contributed by atoms with Crippen LogP contribution in [0.2, 0.25) is 0 Å². The Labute approximate surface area is 366 Å². The second-order valence-electron chi connectivity index (χ2n) is 18.0. The minimum atomic E-state index is -0.411. The van der Waals surface area contributed by atoms with Crippen LogP contribution in [0.25, 0.3) is 33.4 Å². The highest BCUT2D eigenvalue weighted by molar-refractivity contribution is 6.05. The third-order valence-corrected chi connectivity index (χ3v) is 12.6. The molecule has 3 saturated heterocycles. The first kappa shape index (κ1) is 41.7. The number of aromatic nitrogens is 6. The van der Waals surface area contributed by atoms with E-state index in [1.54, 1.807) is 4.90 Å². The van der Waals surface area contributed by atoms with E-state index in [4.69, 9.17) is 14.5 Å². The molecule has 3 N–H and O–H groups in total. The van der Waals surface area contributed by atoms with Crippen molar-refractivity contribution < 1.29 is 18.9 Å². The smallest absolute Gasteiger partial charge is 0.328 e. The maximum atomic E-state index is 12.9. The lowest BCUT2D eigenvalue weighted by atomic mass is 9.95. The van der Waals surface area contributed by atoms with Crippen molar-refractivity contribution in [3.63, 3.8) is 0 Å². The van der Waals surface area contributed by atoms with Gasteiger partial charge in [0.15, 0.2) is 11.5 Å². The van der Waals surface area contributed by atoms with Gasteiger partial charge >= 0.3 is 17.8 Å². The lowest BCUT2D eigenvalue weighted by Crippen LogP contribution is -2.49. The van der Waals surface area contributed by atoms with E-state index in [1.807, 2.05) is 71.3 Å². The topological polar surface area (TPSA) is 182 Å². The highest BCUT2D eigenvalue weighted by Gasteiger charge is 2.28. The number of piperidine rings is 1. The van der Waals surface area contributed by atoms with Gasteiger partial charge in [-0.2, -0.15) is 10.1 Å². The van der Waals surface area contributed by atoms with E-state index in [0.29, 0.717) is 30.4 Å². The van der Waals surface area contributed by atoms with Gasteiger partial charge < -0.3 is 19.6 Å². The number of fused-ring (bicyclic) bond motifs is 1. The largest absolute Gasteiger partial charge is 0.372 e. The predicted molar refractivity (Wildman–Crippen MR) is 242 cm³/mol. The standard InChI is InChI=1S/C47H54N12O4/c1-29-24-32(6-12-37(29)30(2)50-43(61)44-52-45(55-63-44)47(3,4)5)41-38-25-34(27-49-42(38)54-53-41)33-7-13-39(48-26-33)58-22-20-56(21-23-58)28-31-14-17-57(18-15-31)35-8-10-36(11-9-35)59-19-16-40(60)51-46(59)62/h6-13,24-27,30-31H,14-23,28H2,1-5H3,(H,50,61)(H,49,53,54)(H,51,60,62). The van der Waals surface area contributed by atoms with Gasteiger partial charge in [-0.3, -0.25) is 29.8 Å². The van der Waals surface area contributed by atoms with Gasteiger partial charge in [0, 0.05) is 110 Å². The van der Waals surface area contributed by atoms with Crippen molar-refractivity contribution in [3.05, 3.63) is 95.9 Å². The number of piperazine rings is 1. The minimum Gasteiger partial charge on any atom is -0.372 e. The second kappa shape index (κ2) is 17.2. The van der Waals surface area contributed by atoms with Crippen molar-refractivity contribution in [2.45, 2.75) is 65.3 Å². The molecule has 4 aromatic heterocycles. The number of amides is 4. The van der Waals surface area contributed by atoms with E-state index in [2.05, 4.69) is 82.1 Å². The van der Waals surface area contributed by atoms with E-state index >= 15 is 0 Å². The summed E-state index contributed by atoms with van der Waals surface area (Å²) in [5, 5.41) is 18.0. The van der Waals surface area contributed by atoms with Gasteiger partial charge in [-0.25, -0.2) is 14.8 Å². The van der Waals surface area contributed by atoms with Crippen LogP contribution in [-0.4, -0.2) is 105 Å². The number of rotatable bonds is 10. The lowest BCUT2D eigenvalue weighted by Gasteiger charge is -2.39. The molecule has 1 atom stereocenters. The number of H-pyrrole nitrogens is 1. The number of hydrogen-bond donors (Lipinski definition) is 3. The first-order chi connectivity index (χ1) is 30.4. The normalized spacial score (nSPS) is 17.3. The van der Waals surface area contributed by atoms with Crippen molar-refractivity contribution in [2.24, 2.45) is 5.92 Å². The van der Waals surface area contributed by atoms with Crippen LogP contribution in [0.15, 0.2) is 77.6 Å². The zero-order valence-corrected chi connectivity index (χ0v) is 36.5. The third kappa shape index (κ3) is 8.98. The summed E-state index contributed by atoms with van der Waals surface area (Å²) in [6.45, 7) is 17.3. The van der Waals surface area contributed by atoms with Gasteiger partial charge in [-0.15, -0.1) is 0 Å². The summed E-state index contributed by atoms with van der Waals surface area (Å²) in [5.41, 5.74) is 8.04. The molecule has 0 bridgehead atoms. The Kier molecular flexibility index (Phi) is 11.4. The molecule has 16 heteroatoms. The quantitative estimate of drug-likeness (QED) is 0.134. The van der Waals surface area contributed by atoms with Gasteiger partial charge in [-0.05, 0) is 92.3 Å². The molecular weight excluding hydrogens is 797 g/mol. The van der Waals surface area contributed by atoms with Crippen molar-refractivity contribution in [1.29, 1.82) is 0 Å². The van der Waals surface area contributed by atoms with Crippen LogP contribution in [0.4, 0.5) is 22.0 Å². The number of nitrogens with zero attached hydrogens (tertiary/aromatic N) is 9. The Bertz CT molecular complexity index is 2620. The van der Waals surface area contributed by atoms with Crippen molar-refractivity contribution in [1.82, 2.24) is 45.8 Å². The van der Waals surface area contributed by atoms with Crippen LogP contribution < -0.4 is 25.3 Å². The number of benzene rings is 2. The van der Waals surface area contributed by atoms with Crippen LogP contribution in [0.5, 0.6) is 0 Å². The summed E-state index contributed by atoms with van der Waals surface area (Å²) in [4.78, 5) is 59.7. The Morgan fingerprint density at radius 1 is 0.857 bits per heavy atom. The van der Waals surface area contributed by atoms with E-state index in [0.717, 1.165) is 109 Å². The Hall–Kier alpha value is -6.68. The number of carbonyl (C=O) groups excluding carboxylic acids is 3. The van der Waals surface area contributed by atoms with E-state index in [1.165, 1.54) is 5.69 Å². The summed E-state index contributed by atoms with van der Waals surface area (Å²) in [5.74, 6) is 1.45. The first-order valence-corrected chi connectivity index (χ1v) is 21.9. The predicted octanol–water partition coefficient (Wildman–Crippen LogP) is 6.65. The number of anilines is 3. The molecule has 3 aliphatic heterocycles. The van der Waals surface area contributed by atoms with Crippen LogP contribution in [-0.2, 0) is 10.2 Å². The summed E-state index contributed by atoms with van der Waals surface area (Å²) in [6.07, 6.45) is 6.41. The van der Waals surface area contributed by atoms with Gasteiger partial charge in [0.1, 0.15) is 11.5 Å². The number of aryl methyl sites for hydroxylation is 1.